The first kappa shape index (κ1) is 15.3. The molecule has 0 fully saturated rings. The van der Waals surface area contributed by atoms with Crippen LogP contribution in [-0.4, -0.2) is 37.7 Å². The van der Waals surface area contributed by atoms with Crippen molar-refractivity contribution in [3.8, 4) is 0 Å². The number of hydrogen-bond acceptors (Lipinski definition) is 4. The maximum Gasteiger partial charge on any atom is 0.267 e. The molecule has 1 aromatic rings. The van der Waals surface area contributed by atoms with Gasteiger partial charge in [0.15, 0.2) is 0 Å². The lowest BCUT2D eigenvalue weighted by Crippen LogP contribution is -2.39. The van der Waals surface area contributed by atoms with Crippen molar-refractivity contribution in [1.82, 2.24) is 10.7 Å². The van der Waals surface area contributed by atoms with Gasteiger partial charge in [-0.1, -0.05) is 11.6 Å². The second kappa shape index (κ2) is 7.08. The normalized spacial score (nSPS) is 14.2. The third-order valence-electron chi connectivity index (χ3n) is 3.17. The number of anilines is 1. The van der Waals surface area contributed by atoms with Crippen LogP contribution in [0.3, 0.4) is 0 Å². The van der Waals surface area contributed by atoms with Crippen molar-refractivity contribution >= 4 is 34.8 Å². The van der Waals surface area contributed by atoms with Crippen molar-refractivity contribution in [1.29, 1.82) is 0 Å². The fourth-order valence-electron chi connectivity index (χ4n) is 1.90. The third-order valence-corrected chi connectivity index (χ3v) is 3.42. The molecule has 0 bridgehead atoms. The highest BCUT2D eigenvalue weighted by Gasteiger charge is 2.17. The summed E-state index contributed by atoms with van der Waals surface area (Å²) in [6.45, 7) is 1.15. The summed E-state index contributed by atoms with van der Waals surface area (Å²) in [6.07, 6.45) is 0.682. The third kappa shape index (κ3) is 4.46. The van der Waals surface area contributed by atoms with E-state index in [-0.39, 0.29) is 11.8 Å². The number of halogens is 1. The summed E-state index contributed by atoms with van der Waals surface area (Å²) in [4.78, 5) is 24.8. The molecule has 6 nitrogen and oxygen atoms in total. The maximum absolute atomic E-state index is 11.8. The lowest BCUT2D eigenvalue weighted by molar-refractivity contribution is -0.121. The number of likely N-dealkylation sites (N-methyl/N-ethyl adjacent to an activating group) is 1. The zero-order chi connectivity index (χ0) is 15.2. The molecule has 1 heterocycles. The topological polar surface area (TPSA) is 73.8 Å². The minimum absolute atomic E-state index is 0.158. The van der Waals surface area contributed by atoms with Crippen LogP contribution >= 0.6 is 11.6 Å². The zero-order valence-corrected chi connectivity index (χ0v) is 12.5. The molecule has 0 aromatic heterocycles. The Morgan fingerprint density at radius 2 is 2.10 bits per heavy atom. The largest absolute Gasteiger partial charge is 0.373 e. The van der Waals surface area contributed by atoms with Gasteiger partial charge in [-0.3, -0.25) is 9.59 Å². The van der Waals surface area contributed by atoms with Gasteiger partial charge < -0.3 is 10.2 Å². The molecule has 0 aliphatic carbocycles. The summed E-state index contributed by atoms with van der Waals surface area (Å²) in [5.74, 6) is -0.395. The molecule has 0 unspecified atom stereocenters. The standard InChI is InChI=1S/C14H17ClN4O2/c1-19(11-4-2-10(15)3-5-11)9-8-16-14(21)12-6-7-13(20)18-17-12/h2-5H,6-9H2,1H3,(H,16,21)(H,18,20). The maximum atomic E-state index is 11.8. The van der Waals surface area contributed by atoms with Gasteiger partial charge in [0.2, 0.25) is 5.91 Å². The van der Waals surface area contributed by atoms with Gasteiger partial charge in [-0.05, 0) is 24.3 Å². The number of benzene rings is 1. The summed E-state index contributed by atoms with van der Waals surface area (Å²) in [7, 11) is 1.94. The minimum atomic E-state index is -0.237. The SMILES string of the molecule is CN(CCNC(=O)C1=NNC(=O)CC1)c1ccc(Cl)cc1. The van der Waals surface area contributed by atoms with E-state index in [4.69, 9.17) is 11.6 Å². The van der Waals surface area contributed by atoms with Gasteiger partial charge in [0.05, 0.1) is 0 Å². The summed E-state index contributed by atoms with van der Waals surface area (Å²) in [6, 6.07) is 7.49. The Bertz CT molecular complexity index is 557. The fourth-order valence-corrected chi connectivity index (χ4v) is 2.03. The second-order valence-electron chi connectivity index (χ2n) is 4.75. The van der Waals surface area contributed by atoms with Crippen molar-refractivity contribution in [2.24, 2.45) is 5.10 Å². The number of carbonyl (C=O) groups is 2. The molecule has 0 atom stereocenters. The van der Waals surface area contributed by atoms with Crippen LogP contribution in [0.5, 0.6) is 0 Å². The van der Waals surface area contributed by atoms with Crippen molar-refractivity contribution in [2.75, 3.05) is 25.0 Å². The van der Waals surface area contributed by atoms with E-state index in [2.05, 4.69) is 15.8 Å². The van der Waals surface area contributed by atoms with E-state index in [1.165, 1.54) is 0 Å². The van der Waals surface area contributed by atoms with E-state index in [1.54, 1.807) is 0 Å². The molecule has 2 rings (SSSR count). The molecular weight excluding hydrogens is 292 g/mol. The number of amides is 2. The Kier molecular flexibility index (Phi) is 5.16. The van der Waals surface area contributed by atoms with Crippen molar-refractivity contribution < 1.29 is 9.59 Å². The van der Waals surface area contributed by atoms with E-state index in [0.29, 0.717) is 36.7 Å². The quantitative estimate of drug-likeness (QED) is 0.857. The Morgan fingerprint density at radius 1 is 1.38 bits per heavy atom. The van der Waals surface area contributed by atoms with Crippen LogP contribution in [0, 0.1) is 0 Å². The number of carbonyl (C=O) groups excluding carboxylic acids is 2. The van der Waals surface area contributed by atoms with Crippen LogP contribution in [0.15, 0.2) is 29.4 Å². The number of nitrogens with zero attached hydrogens (tertiary/aromatic N) is 2. The molecular formula is C14H17ClN4O2. The minimum Gasteiger partial charge on any atom is -0.373 e. The van der Waals surface area contributed by atoms with Gasteiger partial charge in [-0.25, -0.2) is 5.43 Å². The van der Waals surface area contributed by atoms with Crippen LogP contribution in [0.1, 0.15) is 12.8 Å². The molecule has 2 amide bonds. The predicted octanol–water partition coefficient (Wildman–Crippen LogP) is 1.16. The van der Waals surface area contributed by atoms with Gasteiger partial charge >= 0.3 is 0 Å². The summed E-state index contributed by atoms with van der Waals surface area (Å²) >= 11 is 5.84. The van der Waals surface area contributed by atoms with E-state index in [1.807, 2.05) is 36.2 Å². The van der Waals surface area contributed by atoms with E-state index < -0.39 is 0 Å². The van der Waals surface area contributed by atoms with Crippen LogP contribution in [0.25, 0.3) is 0 Å². The Morgan fingerprint density at radius 3 is 2.71 bits per heavy atom. The van der Waals surface area contributed by atoms with Gasteiger partial charge in [0.25, 0.3) is 5.91 Å². The van der Waals surface area contributed by atoms with Gasteiger partial charge in [0.1, 0.15) is 5.71 Å². The zero-order valence-electron chi connectivity index (χ0n) is 11.7. The van der Waals surface area contributed by atoms with Crippen LogP contribution < -0.4 is 15.6 Å². The van der Waals surface area contributed by atoms with E-state index in [0.717, 1.165) is 5.69 Å². The number of nitrogens with one attached hydrogen (secondary N) is 2. The van der Waals surface area contributed by atoms with E-state index >= 15 is 0 Å². The van der Waals surface area contributed by atoms with Crippen LogP contribution in [0.2, 0.25) is 5.02 Å². The second-order valence-corrected chi connectivity index (χ2v) is 5.18. The highest BCUT2D eigenvalue weighted by Crippen LogP contribution is 2.16. The molecule has 0 saturated carbocycles. The molecule has 21 heavy (non-hydrogen) atoms. The summed E-state index contributed by atoms with van der Waals surface area (Å²) in [5, 5.41) is 7.24. The molecule has 1 aliphatic heterocycles. The first-order valence-electron chi connectivity index (χ1n) is 6.66. The lowest BCUT2D eigenvalue weighted by atomic mass is 10.1. The van der Waals surface area contributed by atoms with E-state index in [9.17, 15) is 9.59 Å². The fraction of sp³-hybridized carbons (Fsp3) is 0.357. The first-order chi connectivity index (χ1) is 10.1. The Hall–Kier alpha value is -2.08. The Balaban J connectivity index is 1.77. The van der Waals surface area contributed by atoms with Gasteiger partial charge in [0, 0.05) is 43.7 Å². The van der Waals surface area contributed by atoms with Crippen molar-refractivity contribution in [3.05, 3.63) is 29.3 Å². The molecule has 112 valence electrons. The molecule has 2 N–H and O–H groups in total. The molecule has 7 heteroatoms. The molecule has 1 aromatic carbocycles. The smallest absolute Gasteiger partial charge is 0.267 e. The van der Waals surface area contributed by atoms with Crippen LogP contribution in [-0.2, 0) is 9.59 Å². The van der Waals surface area contributed by atoms with Crippen LogP contribution in [0.4, 0.5) is 5.69 Å². The monoisotopic (exact) mass is 308 g/mol. The van der Waals surface area contributed by atoms with Gasteiger partial charge in [-0.15, -0.1) is 0 Å². The number of rotatable bonds is 5. The molecule has 0 spiro atoms. The highest BCUT2D eigenvalue weighted by atomic mass is 35.5. The Labute approximate surface area is 128 Å². The lowest BCUT2D eigenvalue weighted by Gasteiger charge is -2.20. The molecule has 1 aliphatic rings. The molecule has 0 saturated heterocycles. The van der Waals surface area contributed by atoms with Crippen molar-refractivity contribution in [2.45, 2.75) is 12.8 Å². The molecule has 0 radical (unpaired) electrons. The summed E-state index contributed by atoms with van der Waals surface area (Å²) in [5.41, 5.74) is 3.70. The number of hydrazone groups is 1. The van der Waals surface area contributed by atoms with Crippen molar-refractivity contribution in [3.63, 3.8) is 0 Å². The van der Waals surface area contributed by atoms with Gasteiger partial charge in [-0.2, -0.15) is 5.10 Å². The average molecular weight is 309 g/mol. The highest BCUT2D eigenvalue weighted by molar-refractivity contribution is 6.39. The average Bonchev–Trinajstić information content (AvgIpc) is 2.48. The number of hydrogen-bond donors (Lipinski definition) is 2. The first-order valence-corrected chi connectivity index (χ1v) is 7.04. The predicted molar refractivity (Wildman–Crippen MR) is 82.5 cm³/mol. The summed E-state index contributed by atoms with van der Waals surface area (Å²) < 4.78 is 0.